The van der Waals surface area contributed by atoms with Crippen LogP contribution in [0.25, 0.3) is 0 Å². The minimum absolute atomic E-state index is 0.0376. The summed E-state index contributed by atoms with van der Waals surface area (Å²) in [6.45, 7) is 0.616. The molecule has 16 heavy (non-hydrogen) atoms. The highest BCUT2D eigenvalue weighted by Crippen LogP contribution is 1.97. The molecule has 1 rings (SSSR count). The fraction of sp³-hybridized carbons (Fsp3) is 0.500. The molecular formula is C10H16N4O2. The SMILES string of the molecule is NC(CCC(=O)O)=NCCCc1cnc[nH]1. The summed E-state index contributed by atoms with van der Waals surface area (Å²) in [4.78, 5) is 21.3. The lowest BCUT2D eigenvalue weighted by molar-refractivity contribution is -0.136. The number of aliphatic carboxylic acids is 1. The zero-order chi connectivity index (χ0) is 11.8. The number of aromatic amines is 1. The Morgan fingerprint density at radius 3 is 3.00 bits per heavy atom. The van der Waals surface area contributed by atoms with Gasteiger partial charge in [-0.3, -0.25) is 9.79 Å². The van der Waals surface area contributed by atoms with Crippen molar-refractivity contribution >= 4 is 11.8 Å². The number of nitrogens with zero attached hydrogens (tertiary/aromatic N) is 2. The summed E-state index contributed by atoms with van der Waals surface area (Å²) in [6, 6.07) is 0. The van der Waals surface area contributed by atoms with Crippen LogP contribution in [-0.2, 0) is 11.2 Å². The summed E-state index contributed by atoms with van der Waals surface area (Å²) in [5.74, 6) is -0.442. The molecule has 0 unspecified atom stereocenters. The Labute approximate surface area is 93.6 Å². The van der Waals surface area contributed by atoms with Crippen LogP contribution >= 0.6 is 0 Å². The Morgan fingerprint density at radius 2 is 2.38 bits per heavy atom. The van der Waals surface area contributed by atoms with Crippen LogP contribution in [0.15, 0.2) is 17.5 Å². The van der Waals surface area contributed by atoms with Crippen molar-refractivity contribution in [2.75, 3.05) is 6.54 Å². The van der Waals surface area contributed by atoms with Crippen molar-refractivity contribution < 1.29 is 9.90 Å². The fourth-order valence-corrected chi connectivity index (χ4v) is 1.23. The van der Waals surface area contributed by atoms with Gasteiger partial charge >= 0.3 is 5.97 Å². The topological polar surface area (TPSA) is 104 Å². The van der Waals surface area contributed by atoms with Gasteiger partial charge in [0.15, 0.2) is 0 Å². The minimum atomic E-state index is -0.851. The highest BCUT2D eigenvalue weighted by atomic mass is 16.4. The Hall–Kier alpha value is -1.85. The van der Waals surface area contributed by atoms with E-state index < -0.39 is 5.97 Å². The number of hydrogen-bond donors (Lipinski definition) is 3. The number of aliphatic imine (C=N–C) groups is 1. The van der Waals surface area contributed by atoms with Gasteiger partial charge in [-0.2, -0.15) is 0 Å². The zero-order valence-electron chi connectivity index (χ0n) is 9.02. The van der Waals surface area contributed by atoms with E-state index in [0.29, 0.717) is 18.8 Å². The van der Waals surface area contributed by atoms with Gasteiger partial charge in [-0.05, 0) is 12.8 Å². The van der Waals surface area contributed by atoms with Gasteiger partial charge in [0.25, 0.3) is 0 Å². The molecule has 0 spiro atoms. The van der Waals surface area contributed by atoms with Crippen molar-refractivity contribution in [3.63, 3.8) is 0 Å². The first-order valence-electron chi connectivity index (χ1n) is 5.16. The number of rotatable bonds is 7. The third-order valence-corrected chi connectivity index (χ3v) is 2.07. The molecule has 0 aliphatic heterocycles. The van der Waals surface area contributed by atoms with Crippen LogP contribution in [0.4, 0.5) is 0 Å². The van der Waals surface area contributed by atoms with Crippen LogP contribution in [0, 0.1) is 0 Å². The van der Waals surface area contributed by atoms with E-state index in [2.05, 4.69) is 15.0 Å². The molecule has 0 saturated carbocycles. The van der Waals surface area contributed by atoms with Gasteiger partial charge in [-0.15, -0.1) is 0 Å². The van der Waals surface area contributed by atoms with Crippen molar-refractivity contribution in [3.05, 3.63) is 18.2 Å². The molecule has 0 bridgehead atoms. The smallest absolute Gasteiger partial charge is 0.303 e. The average Bonchev–Trinajstić information content (AvgIpc) is 2.74. The van der Waals surface area contributed by atoms with E-state index in [1.165, 1.54) is 0 Å². The van der Waals surface area contributed by atoms with Gasteiger partial charge in [0, 0.05) is 24.9 Å². The second-order valence-electron chi connectivity index (χ2n) is 3.45. The second-order valence-corrected chi connectivity index (χ2v) is 3.45. The average molecular weight is 224 g/mol. The summed E-state index contributed by atoms with van der Waals surface area (Å²) >= 11 is 0. The Balaban J connectivity index is 2.13. The maximum Gasteiger partial charge on any atom is 0.303 e. The molecule has 0 fully saturated rings. The lowest BCUT2D eigenvalue weighted by atomic mass is 10.2. The minimum Gasteiger partial charge on any atom is -0.481 e. The number of amidine groups is 1. The molecule has 0 radical (unpaired) electrons. The van der Waals surface area contributed by atoms with Crippen molar-refractivity contribution in [1.82, 2.24) is 9.97 Å². The summed E-state index contributed by atoms with van der Waals surface area (Å²) in [6.07, 6.45) is 5.51. The molecule has 0 amide bonds. The molecule has 0 aliphatic carbocycles. The molecular weight excluding hydrogens is 208 g/mol. The molecule has 6 nitrogen and oxygen atoms in total. The number of hydrogen-bond acceptors (Lipinski definition) is 3. The summed E-state index contributed by atoms with van der Waals surface area (Å²) in [7, 11) is 0. The molecule has 0 atom stereocenters. The third kappa shape index (κ3) is 5.14. The quantitative estimate of drug-likeness (QED) is 0.357. The highest BCUT2D eigenvalue weighted by Gasteiger charge is 1.99. The Bertz CT molecular complexity index is 346. The van der Waals surface area contributed by atoms with E-state index in [0.717, 1.165) is 18.5 Å². The van der Waals surface area contributed by atoms with Crippen LogP contribution in [0.5, 0.6) is 0 Å². The number of nitrogens with one attached hydrogen (secondary N) is 1. The number of carbonyl (C=O) groups is 1. The molecule has 88 valence electrons. The second kappa shape index (κ2) is 6.60. The molecule has 4 N–H and O–H groups in total. The van der Waals surface area contributed by atoms with E-state index in [-0.39, 0.29) is 6.42 Å². The summed E-state index contributed by atoms with van der Waals surface area (Å²) < 4.78 is 0. The standard InChI is InChI=1S/C10H16N4O2/c11-9(3-4-10(15)16)13-5-1-2-8-6-12-7-14-8/h6-7H,1-5H2,(H2,11,13)(H,12,14)(H,15,16). The van der Waals surface area contributed by atoms with Crippen LogP contribution in [0.3, 0.4) is 0 Å². The lowest BCUT2D eigenvalue weighted by Crippen LogP contribution is -2.14. The van der Waals surface area contributed by atoms with Gasteiger partial charge < -0.3 is 15.8 Å². The first kappa shape index (κ1) is 12.2. The number of nitrogens with two attached hydrogens (primary N) is 1. The third-order valence-electron chi connectivity index (χ3n) is 2.07. The first-order valence-corrected chi connectivity index (χ1v) is 5.16. The predicted octanol–water partition coefficient (Wildman–Crippen LogP) is 0.564. The molecule has 1 aromatic heterocycles. The van der Waals surface area contributed by atoms with Crippen LogP contribution in [-0.4, -0.2) is 33.4 Å². The van der Waals surface area contributed by atoms with Crippen LogP contribution < -0.4 is 5.73 Å². The normalized spacial score (nSPS) is 11.6. The van der Waals surface area contributed by atoms with E-state index >= 15 is 0 Å². The zero-order valence-corrected chi connectivity index (χ0v) is 9.02. The van der Waals surface area contributed by atoms with Crippen LogP contribution in [0.2, 0.25) is 0 Å². The molecule has 1 aromatic rings. The molecule has 1 heterocycles. The van der Waals surface area contributed by atoms with Crippen molar-refractivity contribution in [1.29, 1.82) is 0 Å². The van der Waals surface area contributed by atoms with Gasteiger partial charge in [-0.25, -0.2) is 4.98 Å². The fourth-order valence-electron chi connectivity index (χ4n) is 1.23. The monoisotopic (exact) mass is 224 g/mol. The maximum absolute atomic E-state index is 10.3. The van der Waals surface area contributed by atoms with Crippen LogP contribution in [0.1, 0.15) is 25.0 Å². The molecule has 6 heteroatoms. The summed E-state index contributed by atoms with van der Waals surface area (Å²) in [5.41, 5.74) is 6.62. The van der Waals surface area contributed by atoms with E-state index in [9.17, 15) is 4.79 Å². The number of imidazole rings is 1. The van der Waals surface area contributed by atoms with E-state index in [1.807, 2.05) is 0 Å². The predicted molar refractivity (Wildman–Crippen MR) is 60.3 cm³/mol. The lowest BCUT2D eigenvalue weighted by Gasteiger charge is -1.98. The van der Waals surface area contributed by atoms with Gasteiger partial charge in [0.1, 0.15) is 0 Å². The Kier molecular flexibility index (Phi) is 5.04. The number of aromatic nitrogens is 2. The van der Waals surface area contributed by atoms with Gasteiger partial charge in [0.05, 0.1) is 18.6 Å². The number of carboxylic acids is 1. The van der Waals surface area contributed by atoms with Gasteiger partial charge in [-0.1, -0.05) is 0 Å². The van der Waals surface area contributed by atoms with Crippen molar-refractivity contribution in [2.45, 2.75) is 25.7 Å². The summed E-state index contributed by atoms with van der Waals surface area (Å²) in [5, 5.41) is 8.44. The maximum atomic E-state index is 10.3. The number of aryl methyl sites for hydroxylation is 1. The first-order chi connectivity index (χ1) is 7.68. The van der Waals surface area contributed by atoms with E-state index in [4.69, 9.17) is 10.8 Å². The number of H-pyrrole nitrogens is 1. The van der Waals surface area contributed by atoms with Gasteiger partial charge in [0.2, 0.25) is 0 Å². The number of carboxylic acid groups (broad SMARTS) is 1. The molecule has 0 aliphatic rings. The largest absolute Gasteiger partial charge is 0.481 e. The van der Waals surface area contributed by atoms with Crippen molar-refractivity contribution in [2.24, 2.45) is 10.7 Å². The molecule has 0 aromatic carbocycles. The van der Waals surface area contributed by atoms with E-state index in [1.54, 1.807) is 12.5 Å². The highest BCUT2D eigenvalue weighted by molar-refractivity contribution is 5.83. The Morgan fingerprint density at radius 1 is 1.56 bits per heavy atom. The molecule has 0 saturated heterocycles. The van der Waals surface area contributed by atoms with Crippen molar-refractivity contribution in [3.8, 4) is 0 Å².